The Morgan fingerprint density at radius 2 is 2.21 bits per heavy atom. The van der Waals surface area contributed by atoms with Crippen LogP contribution in [0.4, 0.5) is 5.69 Å². The Balaban J connectivity index is 2.09. The molecule has 1 atom stereocenters. The van der Waals surface area contributed by atoms with E-state index in [0.29, 0.717) is 23.1 Å². The Bertz CT molecular complexity index is 1160. The van der Waals surface area contributed by atoms with Crippen LogP contribution >= 0.6 is 11.3 Å². The van der Waals surface area contributed by atoms with Crippen LogP contribution in [0.5, 0.6) is 0 Å². The number of fused-ring (bicyclic) bond motifs is 1. The van der Waals surface area contributed by atoms with Crippen molar-refractivity contribution in [3.05, 3.63) is 33.1 Å². The highest BCUT2D eigenvalue weighted by molar-refractivity contribution is 7.88. The van der Waals surface area contributed by atoms with E-state index in [0.717, 1.165) is 24.0 Å². The fourth-order valence-electron chi connectivity index (χ4n) is 3.22. The number of piperidine rings is 1. The van der Waals surface area contributed by atoms with E-state index < -0.39 is 26.9 Å². The summed E-state index contributed by atoms with van der Waals surface area (Å²) in [5.74, 6) is 1.93. The van der Waals surface area contributed by atoms with Gasteiger partial charge >= 0.3 is 0 Å². The van der Waals surface area contributed by atoms with Crippen molar-refractivity contribution in [2.75, 3.05) is 12.8 Å². The van der Waals surface area contributed by atoms with Gasteiger partial charge in [-0.15, -0.1) is 6.42 Å². The first-order valence-corrected chi connectivity index (χ1v) is 11.2. The Morgan fingerprint density at radius 3 is 2.86 bits per heavy atom. The molecule has 1 unspecified atom stereocenters. The molecule has 148 valence electrons. The topological polar surface area (TPSA) is 115 Å². The summed E-state index contributed by atoms with van der Waals surface area (Å²) in [6, 6.07) is 3.48. The SMILES string of the molecule is C#CCn1c(=NC(=O)C2CCCCN2S(C)(=O)=O)sc2cc([N+](=O)[O-])ccc21. The van der Waals surface area contributed by atoms with Crippen LogP contribution in [0.25, 0.3) is 10.2 Å². The van der Waals surface area contributed by atoms with E-state index in [1.807, 2.05) is 0 Å². The molecule has 0 bridgehead atoms. The van der Waals surface area contributed by atoms with Crippen molar-refractivity contribution in [2.45, 2.75) is 31.8 Å². The molecule has 9 nitrogen and oxygen atoms in total. The molecule has 1 amide bonds. The van der Waals surface area contributed by atoms with Crippen molar-refractivity contribution in [1.82, 2.24) is 8.87 Å². The smallest absolute Gasteiger partial charge is 0.270 e. The number of hydrogen-bond acceptors (Lipinski definition) is 6. The average Bonchev–Trinajstić information content (AvgIpc) is 2.97. The molecule has 3 rings (SSSR count). The van der Waals surface area contributed by atoms with Gasteiger partial charge in [-0.1, -0.05) is 23.7 Å². The van der Waals surface area contributed by atoms with Gasteiger partial charge in [0.05, 0.1) is 27.9 Å². The molecule has 0 saturated carbocycles. The highest BCUT2D eigenvalue weighted by atomic mass is 32.2. The lowest BCUT2D eigenvalue weighted by molar-refractivity contribution is -0.384. The Kier molecular flexibility index (Phi) is 5.64. The third-order valence-electron chi connectivity index (χ3n) is 4.50. The highest BCUT2D eigenvalue weighted by Gasteiger charge is 2.34. The fraction of sp³-hybridized carbons (Fsp3) is 0.412. The van der Waals surface area contributed by atoms with Gasteiger partial charge < -0.3 is 4.57 Å². The summed E-state index contributed by atoms with van der Waals surface area (Å²) in [7, 11) is -3.53. The standard InChI is InChI=1S/C17H18N4O5S2/c1-3-9-19-13-8-7-12(21(23)24)11-15(13)27-17(19)18-16(22)14-6-4-5-10-20(14)28(2,25)26/h1,7-8,11,14H,4-6,9-10H2,2H3. The monoisotopic (exact) mass is 422 g/mol. The number of nitrogens with zero attached hydrogens (tertiary/aromatic N) is 4. The Morgan fingerprint density at radius 1 is 1.46 bits per heavy atom. The molecule has 1 aliphatic rings. The number of hydrogen-bond donors (Lipinski definition) is 0. The van der Waals surface area contributed by atoms with Crippen molar-refractivity contribution >= 4 is 43.2 Å². The first-order chi connectivity index (χ1) is 13.2. The Labute approximate surface area is 165 Å². The molecule has 0 N–H and O–H groups in total. The average molecular weight is 422 g/mol. The second kappa shape index (κ2) is 7.83. The van der Waals surface area contributed by atoms with Crippen LogP contribution in [0.1, 0.15) is 19.3 Å². The van der Waals surface area contributed by atoms with Crippen molar-refractivity contribution in [1.29, 1.82) is 0 Å². The molecule has 1 aromatic heterocycles. The molecule has 1 aromatic carbocycles. The van der Waals surface area contributed by atoms with E-state index in [4.69, 9.17) is 6.42 Å². The van der Waals surface area contributed by atoms with Gasteiger partial charge in [-0.3, -0.25) is 14.9 Å². The molecule has 0 aliphatic carbocycles. The zero-order valence-corrected chi connectivity index (χ0v) is 16.7. The summed E-state index contributed by atoms with van der Waals surface area (Å²) in [6.45, 7) is 0.415. The zero-order valence-electron chi connectivity index (χ0n) is 15.1. The number of nitro groups is 1. The number of carbonyl (C=O) groups is 1. The minimum atomic E-state index is -3.53. The van der Waals surface area contributed by atoms with E-state index >= 15 is 0 Å². The van der Waals surface area contributed by atoms with Gasteiger partial charge in [-0.05, 0) is 18.9 Å². The molecule has 0 radical (unpaired) electrons. The maximum atomic E-state index is 12.8. The van der Waals surface area contributed by atoms with Crippen molar-refractivity contribution in [3.63, 3.8) is 0 Å². The molecule has 1 aliphatic heterocycles. The first kappa shape index (κ1) is 20.2. The number of benzene rings is 1. The van der Waals surface area contributed by atoms with Gasteiger partial charge in [-0.25, -0.2) is 8.42 Å². The van der Waals surface area contributed by atoms with Crippen molar-refractivity contribution in [3.8, 4) is 12.3 Å². The van der Waals surface area contributed by atoms with Gasteiger partial charge in [0.25, 0.3) is 11.6 Å². The number of rotatable bonds is 4. The molecule has 0 spiro atoms. The van der Waals surface area contributed by atoms with Crippen LogP contribution in [-0.2, 0) is 21.4 Å². The minimum absolute atomic E-state index is 0.0741. The van der Waals surface area contributed by atoms with Crippen LogP contribution in [0.2, 0.25) is 0 Å². The lowest BCUT2D eigenvalue weighted by atomic mass is 10.0. The second-order valence-electron chi connectivity index (χ2n) is 6.42. The summed E-state index contributed by atoms with van der Waals surface area (Å²) < 4.78 is 27.4. The van der Waals surface area contributed by atoms with Gasteiger partial charge in [-0.2, -0.15) is 9.30 Å². The molecule has 28 heavy (non-hydrogen) atoms. The molecule has 1 saturated heterocycles. The predicted octanol–water partition coefficient (Wildman–Crippen LogP) is 1.49. The normalized spacial score (nSPS) is 18.9. The van der Waals surface area contributed by atoms with Gasteiger partial charge in [0.2, 0.25) is 10.0 Å². The fourth-order valence-corrected chi connectivity index (χ4v) is 5.41. The third kappa shape index (κ3) is 3.99. The second-order valence-corrected chi connectivity index (χ2v) is 9.36. The molecular formula is C17H18N4O5S2. The van der Waals surface area contributed by atoms with Gasteiger partial charge in [0.15, 0.2) is 4.80 Å². The predicted molar refractivity (Wildman–Crippen MR) is 105 cm³/mol. The van der Waals surface area contributed by atoms with E-state index in [-0.39, 0.29) is 23.6 Å². The molecule has 11 heteroatoms. The van der Waals surface area contributed by atoms with Gasteiger partial charge in [0.1, 0.15) is 6.04 Å². The van der Waals surface area contributed by atoms with E-state index in [2.05, 4.69) is 10.9 Å². The van der Waals surface area contributed by atoms with Gasteiger partial charge in [0, 0.05) is 18.7 Å². The summed E-state index contributed by atoms with van der Waals surface area (Å²) in [5, 5.41) is 11.0. The van der Waals surface area contributed by atoms with E-state index in [1.165, 1.54) is 16.4 Å². The number of nitro benzene ring substituents is 1. The molecule has 2 heterocycles. The minimum Gasteiger partial charge on any atom is -0.305 e. The first-order valence-electron chi connectivity index (χ1n) is 8.49. The van der Waals surface area contributed by atoms with Crippen LogP contribution in [0, 0.1) is 22.5 Å². The highest BCUT2D eigenvalue weighted by Crippen LogP contribution is 2.24. The van der Waals surface area contributed by atoms with Crippen molar-refractivity contribution in [2.24, 2.45) is 4.99 Å². The number of aromatic nitrogens is 1. The van der Waals surface area contributed by atoms with Crippen molar-refractivity contribution < 1.29 is 18.1 Å². The van der Waals surface area contributed by atoms with Crippen LogP contribution in [-0.4, -0.2) is 47.0 Å². The van der Waals surface area contributed by atoms with Crippen LogP contribution in [0.3, 0.4) is 0 Å². The number of non-ortho nitro benzene ring substituents is 1. The quantitative estimate of drug-likeness (QED) is 0.421. The lowest BCUT2D eigenvalue weighted by Gasteiger charge is -2.31. The Hall–Kier alpha value is -2.55. The van der Waals surface area contributed by atoms with Crippen LogP contribution < -0.4 is 4.80 Å². The summed E-state index contributed by atoms with van der Waals surface area (Å²) in [5.41, 5.74) is 0.554. The number of terminal acetylenes is 1. The summed E-state index contributed by atoms with van der Waals surface area (Å²) in [4.78, 5) is 27.7. The van der Waals surface area contributed by atoms with E-state index in [9.17, 15) is 23.3 Å². The van der Waals surface area contributed by atoms with E-state index in [1.54, 1.807) is 10.6 Å². The lowest BCUT2D eigenvalue weighted by Crippen LogP contribution is -2.47. The largest absolute Gasteiger partial charge is 0.305 e. The maximum absolute atomic E-state index is 12.8. The number of carbonyl (C=O) groups excluding carboxylic acids is 1. The molecular weight excluding hydrogens is 404 g/mol. The number of thiazole rings is 1. The molecule has 2 aromatic rings. The van der Waals surface area contributed by atoms with Crippen LogP contribution in [0.15, 0.2) is 23.2 Å². The summed E-state index contributed by atoms with van der Waals surface area (Å²) >= 11 is 1.10. The number of amides is 1. The maximum Gasteiger partial charge on any atom is 0.270 e. The zero-order chi connectivity index (χ0) is 20.5. The molecule has 1 fully saturated rings. The number of sulfonamides is 1. The third-order valence-corrected chi connectivity index (χ3v) is 6.83. The summed E-state index contributed by atoms with van der Waals surface area (Å²) in [6.07, 6.45) is 8.34.